The second-order valence-corrected chi connectivity index (χ2v) is 8.69. The van der Waals surface area contributed by atoms with E-state index in [1.165, 1.54) is 0 Å². The minimum Gasteiger partial charge on any atom is -0.384 e. The highest BCUT2D eigenvalue weighted by Crippen LogP contribution is 2.65. The minimum absolute atomic E-state index is 0.0560. The van der Waals surface area contributed by atoms with Crippen LogP contribution in [0.2, 0.25) is 0 Å². The SMILES string of the molecule is C[C@]12CC[C@H]3[C@@H](CC(F)(F)C4=CCCC[C@@H]43)[C@@H]1CC[C@H]2C#CCO. The number of fused-ring (bicyclic) bond motifs is 5. The first-order valence-electron chi connectivity index (χ1n) is 9.65. The van der Waals surface area contributed by atoms with Gasteiger partial charge in [0, 0.05) is 12.3 Å². The van der Waals surface area contributed by atoms with Crippen molar-refractivity contribution in [2.75, 3.05) is 6.61 Å². The normalized spacial score (nSPS) is 46.0. The number of halogens is 2. The van der Waals surface area contributed by atoms with Crippen LogP contribution in [-0.4, -0.2) is 17.6 Å². The Morgan fingerprint density at radius 1 is 1.21 bits per heavy atom. The standard InChI is InChI=1S/C21H28F2O/c1-20-11-10-15-16-6-2-3-7-19(16)21(22,23)13-17(15)18(20)9-8-14(20)5-4-12-24/h7,14-18,24H,2-3,6,8-13H2,1H3/t14-,15-,16-,17-,18+,20-/m1/s1. The van der Waals surface area contributed by atoms with Crippen molar-refractivity contribution in [3.05, 3.63) is 11.6 Å². The molecule has 0 saturated heterocycles. The van der Waals surface area contributed by atoms with Gasteiger partial charge in [-0.25, -0.2) is 8.78 Å². The van der Waals surface area contributed by atoms with Crippen molar-refractivity contribution in [2.45, 2.75) is 64.2 Å². The van der Waals surface area contributed by atoms with Crippen LogP contribution >= 0.6 is 0 Å². The van der Waals surface area contributed by atoms with E-state index in [2.05, 4.69) is 18.8 Å². The van der Waals surface area contributed by atoms with E-state index in [9.17, 15) is 8.78 Å². The number of alkyl halides is 2. The predicted molar refractivity (Wildman–Crippen MR) is 90.4 cm³/mol. The van der Waals surface area contributed by atoms with Crippen LogP contribution in [0.15, 0.2) is 11.6 Å². The van der Waals surface area contributed by atoms with Gasteiger partial charge in [-0.3, -0.25) is 0 Å². The molecule has 4 rings (SSSR count). The topological polar surface area (TPSA) is 20.2 Å². The fourth-order valence-corrected chi connectivity index (χ4v) is 6.70. The lowest BCUT2D eigenvalue weighted by Crippen LogP contribution is -2.51. The lowest BCUT2D eigenvalue weighted by Gasteiger charge is -2.55. The average molecular weight is 334 g/mol. The van der Waals surface area contributed by atoms with E-state index in [0.717, 1.165) is 44.9 Å². The molecule has 4 aliphatic rings. The molecular weight excluding hydrogens is 306 g/mol. The number of allylic oxidation sites excluding steroid dienone is 2. The van der Waals surface area contributed by atoms with Gasteiger partial charge >= 0.3 is 0 Å². The second kappa shape index (κ2) is 5.84. The lowest BCUT2D eigenvalue weighted by atomic mass is 9.50. The first kappa shape index (κ1) is 16.6. The Morgan fingerprint density at radius 3 is 2.83 bits per heavy atom. The van der Waals surface area contributed by atoms with Gasteiger partial charge in [-0.05, 0) is 79.6 Å². The van der Waals surface area contributed by atoms with E-state index >= 15 is 0 Å². The van der Waals surface area contributed by atoms with E-state index in [4.69, 9.17) is 5.11 Å². The van der Waals surface area contributed by atoms with Crippen LogP contribution in [-0.2, 0) is 0 Å². The Morgan fingerprint density at radius 2 is 2.04 bits per heavy atom. The highest BCUT2D eigenvalue weighted by molar-refractivity contribution is 5.26. The summed E-state index contributed by atoms with van der Waals surface area (Å²) >= 11 is 0. The molecular formula is C21H28F2O. The third-order valence-corrected chi connectivity index (χ3v) is 7.76. The third-order valence-electron chi connectivity index (χ3n) is 7.76. The Labute approximate surface area is 143 Å². The van der Waals surface area contributed by atoms with Crippen LogP contribution in [0.4, 0.5) is 8.78 Å². The summed E-state index contributed by atoms with van der Waals surface area (Å²) in [6, 6.07) is 0. The van der Waals surface area contributed by atoms with E-state index in [-0.39, 0.29) is 36.2 Å². The zero-order valence-electron chi connectivity index (χ0n) is 14.5. The molecule has 6 atom stereocenters. The molecule has 24 heavy (non-hydrogen) atoms. The number of aliphatic hydroxyl groups is 1. The number of hydrogen-bond donors (Lipinski definition) is 1. The first-order valence-corrected chi connectivity index (χ1v) is 9.65. The maximum absolute atomic E-state index is 14.9. The van der Waals surface area contributed by atoms with E-state index in [1.807, 2.05) is 6.08 Å². The van der Waals surface area contributed by atoms with Gasteiger partial charge in [0.1, 0.15) is 6.61 Å². The Bertz CT molecular complexity index is 599. The zero-order chi connectivity index (χ0) is 16.9. The minimum atomic E-state index is -2.60. The van der Waals surface area contributed by atoms with Crippen molar-refractivity contribution in [1.82, 2.24) is 0 Å². The van der Waals surface area contributed by atoms with Gasteiger partial charge < -0.3 is 5.11 Å². The molecule has 0 radical (unpaired) electrons. The summed E-state index contributed by atoms with van der Waals surface area (Å²) in [5, 5.41) is 9.01. The van der Waals surface area contributed by atoms with Gasteiger partial charge in [0.15, 0.2) is 0 Å². The molecule has 0 heterocycles. The molecule has 0 spiro atoms. The van der Waals surface area contributed by atoms with Crippen molar-refractivity contribution < 1.29 is 13.9 Å². The lowest BCUT2D eigenvalue weighted by molar-refractivity contribution is -0.0991. The Balaban J connectivity index is 1.65. The van der Waals surface area contributed by atoms with Crippen molar-refractivity contribution in [2.24, 2.45) is 35.0 Å². The monoisotopic (exact) mass is 334 g/mol. The summed E-state index contributed by atoms with van der Waals surface area (Å²) in [6.07, 6.45) is 9.01. The summed E-state index contributed by atoms with van der Waals surface area (Å²) in [6.45, 7) is 2.18. The Kier molecular flexibility index (Phi) is 4.03. The number of aliphatic hydroxyl groups excluding tert-OH is 1. The van der Waals surface area contributed by atoms with Crippen molar-refractivity contribution in [1.29, 1.82) is 0 Å². The predicted octanol–water partition coefficient (Wildman–Crippen LogP) is 4.81. The first-order chi connectivity index (χ1) is 11.5. The van der Waals surface area contributed by atoms with Crippen LogP contribution in [0.5, 0.6) is 0 Å². The molecule has 0 amide bonds. The molecule has 0 aliphatic heterocycles. The van der Waals surface area contributed by atoms with Gasteiger partial charge in [-0.2, -0.15) is 0 Å². The smallest absolute Gasteiger partial charge is 0.269 e. The van der Waals surface area contributed by atoms with Crippen LogP contribution in [0, 0.1) is 46.8 Å². The van der Waals surface area contributed by atoms with Crippen molar-refractivity contribution in [3.8, 4) is 11.8 Å². The van der Waals surface area contributed by atoms with Gasteiger partial charge in [-0.1, -0.05) is 24.8 Å². The molecule has 0 aromatic heterocycles. The molecule has 0 bridgehead atoms. The molecule has 1 nitrogen and oxygen atoms in total. The van der Waals surface area contributed by atoms with E-state index in [0.29, 0.717) is 17.4 Å². The van der Waals surface area contributed by atoms with Gasteiger partial charge in [0.05, 0.1) is 0 Å². The molecule has 3 saturated carbocycles. The number of rotatable bonds is 0. The Hall–Kier alpha value is -0.880. The van der Waals surface area contributed by atoms with Crippen LogP contribution in [0.1, 0.15) is 58.3 Å². The molecule has 0 aromatic carbocycles. The summed E-state index contributed by atoms with van der Waals surface area (Å²) < 4.78 is 29.7. The van der Waals surface area contributed by atoms with Gasteiger partial charge in [0.2, 0.25) is 0 Å². The fourth-order valence-electron chi connectivity index (χ4n) is 6.70. The molecule has 1 N–H and O–H groups in total. The molecule has 132 valence electrons. The van der Waals surface area contributed by atoms with Gasteiger partial charge in [-0.15, -0.1) is 0 Å². The number of hydrogen-bond acceptors (Lipinski definition) is 1. The van der Waals surface area contributed by atoms with E-state index < -0.39 is 5.92 Å². The molecule has 3 heteroatoms. The highest BCUT2D eigenvalue weighted by atomic mass is 19.3. The zero-order valence-corrected chi connectivity index (χ0v) is 14.5. The quantitative estimate of drug-likeness (QED) is 0.498. The summed E-state index contributed by atoms with van der Waals surface area (Å²) in [7, 11) is 0. The maximum atomic E-state index is 14.9. The van der Waals surface area contributed by atoms with Crippen molar-refractivity contribution in [3.63, 3.8) is 0 Å². The highest BCUT2D eigenvalue weighted by Gasteiger charge is 2.60. The van der Waals surface area contributed by atoms with E-state index in [1.54, 1.807) is 0 Å². The van der Waals surface area contributed by atoms with Crippen LogP contribution < -0.4 is 0 Å². The maximum Gasteiger partial charge on any atom is 0.269 e. The van der Waals surface area contributed by atoms with Crippen LogP contribution in [0.25, 0.3) is 0 Å². The average Bonchev–Trinajstić information content (AvgIpc) is 2.90. The summed E-state index contributed by atoms with van der Waals surface area (Å²) in [5.74, 6) is 4.86. The summed E-state index contributed by atoms with van der Waals surface area (Å²) in [4.78, 5) is 0. The molecule has 0 unspecified atom stereocenters. The van der Waals surface area contributed by atoms with Crippen LogP contribution in [0.3, 0.4) is 0 Å². The largest absolute Gasteiger partial charge is 0.384 e. The fraction of sp³-hybridized carbons (Fsp3) is 0.810. The molecule has 0 aromatic rings. The summed E-state index contributed by atoms with van der Waals surface area (Å²) in [5.41, 5.74) is 0.545. The van der Waals surface area contributed by atoms with Crippen molar-refractivity contribution >= 4 is 0 Å². The molecule has 3 fully saturated rings. The third kappa shape index (κ3) is 2.37. The second-order valence-electron chi connectivity index (χ2n) is 8.69. The van der Waals surface area contributed by atoms with Gasteiger partial charge in [0.25, 0.3) is 5.92 Å². The molecule has 4 aliphatic carbocycles.